The van der Waals surface area contributed by atoms with E-state index in [1.165, 1.54) is 16.9 Å². The summed E-state index contributed by atoms with van der Waals surface area (Å²) in [6.07, 6.45) is 3.31. The molecule has 0 unspecified atom stereocenters. The van der Waals surface area contributed by atoms with Gasteiger partial charge in [-0.15, -0.1) is 11.3 Å². The molecule has 2 aromatic rings. The fourth-order valence-corrected chi connectivity index (χ4v) is 2.57. The first kappa shape index (κ1) is 16.2. The molecule has 0 saturated carbocycles. The summed E-state index contributed by atoms with van der Waals surface area (Å²) < 4.78 is 0. The molecule has 0 atom stereocenters. The van der Waals surface area contributed by atoms with Gasteiger partial charge in [0.05, 0.1) is 5.69 Å². The van der Waals surface area contributed by atoms with E-state index in [4.69, 9.17) is 0 Å². The molecule has 5 nitrogen and oxygen atoms in total. The molecule has 0 spiro atoms. The number of nitrogens with zero attached hydrogens (tertiary/aromatic N) is 1. The highest BCUT2D eigenvalue weighted by Crippen LogP contribution is 2.15. The van der Waals surface area contributed by atoms with Crippen molar-refractivity contribution >= 4 is 34.0 Å². The van der Waals surface area contributed by atoms with Crippen molar-refractivity contribution in [2.24, 2.45) is 0 Å². The first-order valence-corrected chi connectivity index (χ1v) is 8.10. The molecular formula is C16H19N3O2S. The average molecular weight is 317 g/mol. The molecular weight excluding hydrogens is 298 g/mol. The van der Waals surface area contributed by atoms with Crippen LogP contribution in [0.5, 0.6) is 0 Å². The van der Waals surface area contributed by atoms with Gasteiger partial charge in [-0.05, 0) is 37.5 Å². The maximum Gasteiger partial charge on any atom is 0.315 e. The number of thiazole rings is 1. The SMILES string of the molecule is CCCCc1ccc(NC(=O)C(=O)Nc2nc(C)cs2)cc1. The van der Waals surface area contributed by atoms with Crippen LogP contribution < -0.4 is 10.6 Å². The molecule has 2 N–H and O–H groups in total. The third kappa shape index (κ3) is 4.66. The first-order chi connectivity index (χ1) is 10.6. The van der Waals surface area contributed by atoms with Gasteiger partial charge >= 0.3 is 11.8 Å². The van der Waals surface area contributed by atoms with E-state index in [1.807, 2.05) is 36.6 Å². The lowest BCUT2D eigenvalue weighted by Crippen LogP contribution is -2.29. The number of carbonyl (C=O) groups is 2. The minimum atomic E-state index is -0.718. The Morgan fingerprint density at radius 1 is 1.14 bits per heavy atom. The van der Waals surface area contributed by atoms with Crippen LogP contribution in [0.1, 0.15) is 31.0 Å². The number of unbranched alkanes of at least 4 members (excludes halogenated alkanes) is 1. The Morgan fingerprint density at radius 2 is 1.82 bits per heavy atom. The fraction of sp³-hybridized carbons (Fsp3) is 0.312. The molecule has 2 amide bonds. The van der Waals surface area contributed by atoms with E-state index in [-0.39, 0.29) is 0 Å². The van der Waals surface area contributed by atoms with Gasteiger partial charge in [0.15, 0.2) is 5.13 Å². The van der Waals surface area contributed by atoms with Gasteiger partial charge < -0.3 is 5.32 Å². The molecule has 0 fully saturated rings. The quantitative estimate of drug-likeness (QED) is 0.831. The van der Waals surface area contributed by atoms with Crippen LogP contribution in [0.25, 0.3) is 0 Å². The van der Waals surface area contributed by atoms with Gasteiger partial charge in [-0.25, -0.2) is 4.98 Å². The van der Waals surface area contributed by atoms with E-state index < -0.39 is 11.8 Å². The van der Waals surface area contributed by atoms with Crippen molar-refractivity contribution in [3.8, 4) is 0 Å². The van der Waals surface area contributed by atoms with Gasteiger partial charge in [-0.1, -0.05) is 25.5 Å². The van der Waals surface area contributed by atoms with Crippen molar-refractivity contribution in [2.75, 3.05) is 10.6 Å². The molecule has 6 heteroatoms. The molecule has 0 aliphatic rings. The van der Waals surface area contributed by atoms with Crippen molar-refractivity contribution < 1.29 is 9.59 Å². The Hall–Kier alpha value is -2.21. The largest absolute Gasteiger partial charge is 0.318 e. The number of amides is 2. The second kappa shape index (κ2) is 7.70. The zero-order chi connectivity index (χ0) is 15.9. The van der Waals surface area contributed by atoms with Crippen molar-refractivity contribution in [2.45, 2.75) is 33.1 Å². The standard InChI is InChI=1S/C16H19N3O2S/c1-3-4-5-12-6-8-13(9-7-12)18-14(20)15(21)19-16-17-11(2)10-22-16/h6-10H,3-5H2,1-2H3,(H,18,20)(H,17,19,21). The zero-order valence-electron chi connectivity index (χ0n) is 12.7. The lowest BCUT2D eigenvalue weighted by atomic mass is 10.1. The Bertz CT molecular complexity index is 650. The van der Waals surface area contributed by atoms with Crippen LogP contribution in [0.4, 0.5) is 10.8 Å². The number of rotatable bonds is 5. The Morgan fingerprint density at radius 3 is 2.41 bits per heavy atom. The smallest absolute Gasteiger partial charge is 0.315 e. The van der Waals surface area contributed by atoms with Crippen LogP contribution in [0.15, 0.2) is 29.6 Å². The molecule has 22 heavy (non-hydrogen) atoms. The van der Waals surface area contributed by atoms with Crippen molar-refractivity contribution in [1.29, 1.82) is 0 Å². The number of hydrogen-bond donors (Lipinski definition) is 2. The van der Waals surface area contributed by atoms with Gasteiger partial charge in [-0.3, -0.25) is 14.9 Å². The van der Waals surface area contributed by atoms with E-state index in [0.29, 0.717) is 10.8 Å². The second-order valence-electron chi connectivity index (χ2n) is 5.00. The highest BCUT2D eigenvalue weighted by Gasteiger charge is 2.15. The number of benzene rings is 1. The van der Waals surface area contributed by atoms with Crippen LogP contribution in [-0.2, 0) is 16.0 Å². The van der Waals surface area contributed by atoms with Crippen molar-refractivity contribution in [3.05, 3.63) is 40.9 Å². The van der Waals surface area contributed by atoms with E-state index >= 15 is 0 Å². The van der Waals surface area contributed by atoms with E-state index in [9.17, 15) is 9.59 Å². The summed E-state index contributed by atoms with van der Waals surface area (Å²) in [6.45, 7) is 3.98. The number of aromatic nitrogens is 1. The number of aryl methyl sites for hydroxylation is 2. The average Bonchev–Trinajstić information content (AvgIpc) is 2.91. The van der Waals surface area contributed by atoms with Crippen molar-refractivity contribution in [3.63, 3.8) is 0 Å². The summed E-state index contributed by atoms with van der Waals surface area (Å²) in [4.78, 5) is 27.7. The summed E-state index contributed by atoms with van der Waals surface area (Å²) in [5.41, 5.74) is 2.64. The molecule has 2 rings (SSSR count). The van der Waals surface area contributed by atoms with Crippen LogP contribution in [0, 0.1) is 6.92 Å². The maximum absolute atomic E-state index is 11.8. The number of nitrogens with one attached hydrogen (secondary N) is 2. The van der Waals surface area contributed by atoms with Crippen LogP contribution >= 0.6 is 11.3 Å². The van der Waals surface area contributed by atoms with Crippen LogP contribution in [-0.4, -0.2) is 16.8 Å². The predicted molar refractivity (Wildman–Crippen MR) is 89.2 cm³/mol. The minimum Gasteiger partial charge on any atom is -0.318 e. The first-order valence-electron chi connectivity index (χ1n) is 7.22. The molecule has 1 aromatic carbocycles. The second-order valence-corrected chi connectivity index (χ2v) is 5.86. The summed E-state index contributed by atoms with van der Waals surface area (Å²) >= 11 is 1.29. The highest BCUT2D eigenvalue weighted by molar-refractivity contribution is 7.14. The Balaban J connectivity index is 1.89. The van der Waals surface area contributed by atoms with E-state index in [1.54, 1.807) is 0 Å². The maximum atomic E-state index is 11.8. The number of anilines is 2. The topological polar surface area (TPSA) is 71.1 Å². The van der Waals surface area contributed by atoms with Gasteiger partial charge in [0, 0.05) is 11.1 Å². The van der Waals surface area contributed by atoms with Gasteiger partial charge in [0.25, 0.3) is 0 Å². The Kier molecular flexibility index (Phi) is 5.66. The molecule has 0 bridgehead atoms. The minimum absolute atomic E-state index is 0.424. The molecule has 1 heterocycles. The lowest BCUT2D eigenvalue weighted by molar-refractivity contribution is -0.132. The summed E-state index contributed by atoms with van der Waals surface area (Å²) in [7, 11) is 0. The monoisotopic (exact) mass is 317 g/mol. The van der Waals surface area contributed by atoms with Gasteiger partial charge in [-0.2, -0.15) is 0 Å². The van der Waals surface area contributed by atoms with E-state index in [2.05, 4.69) is 22.5 Å². The molecule has 0 saturated heterocycles. The van der Waals surface area contributed by atoms with Gasteiger partial charge in [0.1, 0.15) is 0 Å². The zero-order valence-corrected chi connectivity index (χ0v) is 13.5. The summed E-state index contributed by atoms with van der Waals surface area (Å²) in [6, 6.07) is 7.55. The molecule has 1 aromatic heterocycles. The Labute approximate surface area is 133 Å². The van der Waals surface area contributed by atoms with E-state index in [0.717, 1.165) is 25.0 Å². The normalized spacial score (nSPS) is 10.3. The molecule has 0 aliphatic carbocycles. The van der Waals surface area contributed by atoms with Crippen LogP contribution in [0.2, 0.25) is 0 Å². The third-order valence-electron chi connectivity index (χ3n) is 3.08. The third-order valence-corrected chi connectivity index (χ3v) is 3.95. The molecule has 0 radical (unpaired) electrons. The lowest BCUT2D eigenvalue weighted by Gasteiger charge is -2.06. The molecule has 116 valence electrons. The fourth-order valence-electron chi connectivity index (χ4n) is 1.89. The summed E-state index contributed by atoms with van der Waals surface area (Å²) in [5, 5.41) is 7.29. The number of hydrogen-bond acceptors (Lipinski definition) is 4. The molecule has 0 aliphatic heterocycles. The van der Waals surface area contributed by atoms with Crippen LogP contribution in [0.3, 0.4) is 0 Å². The predicted octanol–water partition coefficient (Wildman–Crippen LogP) is 3.37. The van der Waals surface area contributed by atoms with Crippen molar-refractivity contribution in [1.82, 2.24) is 4.98 Å². The summed E-state index contributed by atoms with van der Waals surface area (Å²) in [5.74, 6) is -1.42. The number of carbonyl (C=O) groups excluding carboxylic acids is 2. The van der Waals surface area contributed by atoms with Gasteiger partial charge in [0.2, 0.25) is 0 Å². The highest BCUT2D eigenvalue weighted by atomic mass is 32.1.